The van der Waals surface area contributed by atoms with Gasteiger partial charge in [0.1, 0.15) is 5.54 Å². The fourth-order valence-electron chi connectivity index (χ4n) is 4.06. The van der Waals surface area contributed by atoms with E-state index < -0.39 is 0 Å². The van der Waals surface area contributed by atoms with Crippen molar-refractivity contribution in [2.24, 2.45) is 11.8 Å². The lowest BCUT2D eigenvalue weighted by Gasteiger charge is -2.24. The number of nitrogens with zero attached hydrogens (tertiary/aromatic N) is 2. The Morgan fingerprint density at radius 2 is 1.53 bits per heavy atom. The van der Waals surface area contributed by atoms with Crippen molar-refractivity contribution in [3.8, 4) is 6.07 Å². The largest absolute Gasteiger partial charge is 0.285 e. The molecule has 82 valence electrons. The molecule has 0 radical (unpaired) electrons. The topological polar surface area (TPSA) is 27.0 Å². The summed E-state index contributed by atoms with van der Waals surface area (Å²) in [5.74, 6) is 1.45. The lowest BCUT2D eigenvalue weighted by molar-refractivity contribution is 0.234. The van der Waals surface area contributed by atoms with E-state index in [1.165, 1.54) is 58.0 Å². The third kappa shape index (κ3) is 1.26. The van der Waals surface area contributed by atoms with E-state index in [9.17, 15) is 5.26 Å². The average Bonchev–Trinajstić information content (AvgIpc) is 2.66. The minimum atomic E-state index is -0.00306. The average molecular weight is 204 g/mol. The van der Waals surface area contributed by atoms with Crippen LogP contribution in [-0.4, -0.2) is 23.5 Å². The molecule has 15 heavy (non-hydrogen) atoms. The summed E-state index contributed by atoms with van der Waals surface area (Å²) in [7, 11) is 0. The Balaban J connectivity index is 1.80. The van der Waals surface area contributed by atoms with Crippen LogP contribution in [-0.2, 0) is 0 Å². The van der Waals surface area contributed by atoms with Crippen molar-refractivity contribution in [3.05, 3.63) is 0 Å². The van der Waals surface area contributed by atoms with Gasteiger partial charge in [0.15, 0.2) is 0 Å². The summed E-state index contributed by atoms with van der Waals surface area (Å²) in [4.78, 5) is 2.51. The van der Waals surface area contributed by atoms with Gasteiger partial charge in [0.25, 0.3) is 0 Å². The molecule has 3 rings (SSSR count). The fraction of sp³-hybridized carbons (Fsp3) is 0.923. The zero-order chi connectivity index (χ0) is 10.3. The van der Waals surface area contributed by atoms with Gasteiger partial charge in [-0.3, -0.25) is 4.90 Å². The lowest BCUT2D eigenvalue weighted by atomic mass is 10.0. The summed E-state index contributed by atoms with van der Waals surface area (Å²) in [6.07, 6.45) is 9.36. The molecule has 2 nitrogen and oxygen atoms in total. The van der Waals surface area contributed by atoms with Gasteiger partial charge in [-0.25, -0.2) is 0 Å². The van der Waals surface area contributed by atoms with Crippen LogP contribution in [0, 0.1) is 23.2 Å². The highest BCUT2D eigenvalue weighted by Gasteiger charge is 2.67. The van der Waals surface area contributed by atoms with Crippen LogP contribution < -0.4 is 0 Å². The number of hydrogen-bond donors (Lipinski definition) is 0. The van der Waals surface area contributed by atoms with Crippen molar-refractivity contribution in [1.29, 1.82) is 5.26 Å². The standard InChI is InChI=1S/C13H20N2/c14-10-13(15-8-4-5-9-15)11-6-2-1-3-7-12(11)13/h11-12H,1-9H2. The normalized spacial score (nSPS) is 45.5. The second-order valence-electron chi connectivity index (χ2n) is 5.48. The molecule has 0 bridgehead atoms. The molecule has 0 amide bonds. The molecule has 0 aromatic heterocycles. The molecule has 2 heteroatoms. The molecule has 2 atom stereocenters. The SMILES string of the molecule is N#CC1(N2CCCC2)C2CCCCCC21. The smallest absolute Gasteiger partial charge is 0.115 e. The molecular formula is C13H20N2. The highest BCUT2D eigenvalue weighted by atomic mass is 15.3. The Bertz CT molecular complexity index is 273. The van der Waals surface area contributed by atoms with E-state index in [2.05, 4.69) is 11.0 Å². The number of rotatable bonds is 1. The summed E-state index contributed by atoms with van der Waals surface area (Å²) in [5, 5.41) is 9.55. The Hall–Kier alpha value is -0.550. The first-order chi connectivity index (χ1) is 7.39. The van der Waals surface area contributed by atoms with E-state index in [0.717, 1.165) is 11.8 Å². The molecule has 1 saturated heterocycles. The minimum Gasteiger partial charge on any atom is -0.285 e. The van der Waals surface area contributed by atoms with Gasteiger partial charge in [0, 0.05) is 0 Å². The van der Waals surface area contributed by atoms with Gasteiger partial charge in [-0.1, -0.05) is 19.3 Å². The van der Waals surface area contributed by atoms with Crippen LogP contribution in [0.15, 0.2) is 0 Å². The van der Waals surface area contributed by atoms with Crippen LogP contribution in [0.5, 0.6) is 0 Å². The van der Waals surface area contributed by atoms with Crippen molar-refractivity contribution < 1.29 is 0 Å². The second kappa shape index (κ2) is 3.49. The van der Waals surface area contributed by atoms with E-state index in [4.69, 9.17) is 0 Å². The van der Waals surface area contributed by atoms with Gasteiger partial charge in [-0.05, 0) is 50.6 Å². The van der Waals surface area contributed by atoms with Crippen molar-refractivity contribution in [2.75, 3.05) is 13.1 Å². The lowest BCUT2D eigenvalue weighted by Crippen LogP contribution is -2.37. The number of fused-ring (bicyclic) bond motifs is 1. The maximum absolute atomic E-state index is 9.55. The summed E-state index contributed by atoms with van der Waals surface area (Å²) in [6, 6.07) is 2.69. The van der Waals surface area contributed by atoms with Crippen LogP contribution in [0.1, 0.15) is 44.9 Å². The monoisotopic (exact) mass is 204 g/mol. The molecule has 2 saturated carbocycles. The summed E-state index contributed by atoms with van der Waals surface area (Å²) >= 11 is 0. The Morgan fingerprint density at radius 3 is 2.07 bits per heavy atom. The van der Waals surface area contributed by atoms with Crippen molar-refractivity contribution in [2.45, 2.75) is 50.5 Å². The third-order valence-corrected chi connectivity index (χ3v) is 4.85. The molecule has 3 fully saturated rings. The van der Waals surface area contributed by atoms with Gasteiger partial charge in [0.05, 0.1) is 6.07 Å². The summed E-state index contributed by atoms with van der Waals surface area (Å²) < 4.78 is 0. The molecule has 2 unspecified atom stereocenters. The summed E-state index contributed by atoms with van der Waals surface area (Å²) in [5.41, 5.74) is -0.00306. The van der Waals surface area contributed by atoms with Crippen molar-refractivity contribution >= 4 is 0 Å². The maximum Gasteiger partial charge on any atom is 0.115 e. The quantitative estimate of drug-likeness (QED) is 0.656. The molecule has 1 aliphatic heterocycles. The maximum atomic E-state index is 9.55. The number of nitriles is 1. The molecule has 0 N–H and O–H groups in total. The summed E-state index contributed by atoms with van der Waals surface area (Å²) in [6.45, 7) is 2.36. The van der Waals surface area contributed by atoms with Crippen LogP contribution in [0.4, 0.5) is 0 Å². The molecule has 3 aliphatic rings. The van der Waals surface area contributed by atoms with E-state index in [1.54, 1.807) is 0 Å². The van der Waals surface area contributed by atoms with E-state index in [1.807, 2.05) is 0 Å². The van der Waals surface area contributed by atoms with Crippen LogP contribution >= 0.6 is 0 Å². The van der Waals surface area contributed by atoms with Crippen LogP contribution in [0.2, 0.25) is 0 Å². The highest BCUT2D eigenvalue weighted by Crippen LogP contribution is 2.61. The fourth-order valence-corrected chi connectivity index (χ4v) is 4.06. The predicted molar refractivity (Wildman–Crippen MR) is 59.2 cm³/mol. The number of likely N-dealkylation sites (tertiary alicyclic amines) is 1. The predicted octanol–water partition coefficient (Wildman–Crippen LogP) is 2.55. The van der Waals surface area contributed by atoms with Gasteiger partial charge in [0.2, 0.25) is 0 Å². The van der Waals surface area contributed by atoms with E-state index in [0.29, 0.717) is 0 Å². The molecule has 2 aliphatic carbocycles. The first-order valence-electron chi connectivity index (χ1n) is 6.56. The van der Waals surface area contributed by atoms with E-state index >= 15 is 0 Å². The molecule has 0 aromatic carbocycles. The second-order valence-corrected chi connectivity index (χ2v) is 5.48. The highest BCUT2D eigenvalue weighted by molar-refractivity contribution is 5.30. The molecule has 1 heterocycles. The van der Waals surface area contributed by atoms with Gasteiger partial charge in [-0.2, -0.15) is 5.26 Å². The third-order valence-electron chi connectivity index (χ3n) is 4.85. The first kappa shape index (κ1) is 9.66. The zero-order valence-electron chi connectivity index (χ0n) is 9.41. The zero-order valence-corrected chi connectivity index (χ0v) is 9.41. The van der Waals surface area contributed by atoms with Gasteiger partial charge in [-0.15, -0.1) is 0 Å². The van der Waals surface area contributed by atoms with Crippen molar-refractivity contribution in [3.63, 3.8) is 0 Å². The Kier molecular flexibility index (Phi) is 2.25. The minimum absolute atomic E-state index is 0.00306. The Labute approximate surface area is 92.3 Å². The van der Waals surface area contributed by atoms with E-state index in [-0.39, 0.29) is 5.54 Å². The Morgan fingerprint density at radius 1 is 0.933 bits per heavy atom. The van der Waals surface area contributed by atoms with Crippen LogP contribution in [0.25, 0.3) is 0 Å². The molecule has 0 aromatic rings. The van der Waals surface area contributed by atoms with Gasteiger partial charge >= 0.3 is 0 Å². The van der Waals surface area contributed by atoms with Crippen LogP contribution in [0.3, 0.4) is 0 Å². The molecular weight excluding hydrogens is 184 g/mol. The number of hydrogen-bond acceptors (Lipinski definition) is 2. The van der Waals surface area contributed by atoms with Crippen molar-refractivity contribution in [1.82, 2.24) is 4.90 Å². The van der Waals surface area contributed by atoms with Gasteiger partial charge < -0.3 is 0 Å². The molecule has 0 spiro atoms. The first-order valence-corrected chi connectivity index (χ1v) is 6.56.